The third kappa shape index (κ3) is 5.32. The molecule has 2 aromatic carbocycles. The maximum absolute atomic E-state index is 12.3. The lowest BCUT2D eigenvalue weighted by Crippen LogP contribution is -2.28. The molecule has 0 aliphatic heterocycles. The molecule has 138 valence electrons. The maximum Gasteiger partial charge on any atom is 0.336 e. The first-order chi connectivity index (χ1) is 12.5. The summed E-state index contributed by atoms with van der Waals surface area (Å²) >= 11 is 0. The molecule has 0 spiro atoms. The normalized spacial score (nSPS) is 10.6. The Morgan fingerprint density at radius 1 is 0.923 bits per heavy atom. The molecule has 0 aromatic heterocycles. The van der Waals surface area contributed by atoms with E-state index in [9.17, 15) is 14.7 Å². The minimum Gasteiger partial charge on any atom is -0.478 e. The van der Waals surface area contributed by atoms with E-state index >= 15 is 0 Å². The zero-order valence-electron chi connectivity index (χ0n) is 15.2. The Morgan fingerprint density at radius 2 is 1.50 bits per heavy atom. The molecule has 0 heterocycles. The number of aromatic carboxylic acids is 1. The van der Waals surface area contributed by atoms with Gasteiger partial charge in [-0.05, 0) is 49.5 Å². The molecular formula is C20H25N3O3. The van der Waals surface area contributed by atoms with Crippen molar-refractivity contribution < 1.29 is 14.7 Å². The summed E-state index contributed by atoms with van der Waals surface area (Å²) in [6, 6.07) is 13.5. The Hall–Kier alpha value is -2.86. The van der Waals surface area contributed by atoms with Gasteiger partial charge in [0, 0.05) is 24.5 Å². The van der Waals surface area contributed by atoms with E-state index in [1.165, 1.54) is 12.1 Å². The van der Waals surface area contributed by atoms with Crippen LogP contribution in [0.25, 0.3) is 0 Å². The monoisotopic (exact) mass is 355 g/mol. The van der Waals surface area contributed by atoms with Crippen molar-refractivity contribution in [2.75, 3.05) is 36.8 Å². The van der Waals surface area contributed by atoms with Crippen molar-refractivity contribution in [3.63, 3.8) is 0 Å². The highest BCUT2D eigenvalue weighted by molar-refractivity contribution is 6.10. The van der Waals surface area contributed by atoms with Crippen molar-refractivity contribution in [2.45, 2.75) is 13.8 Å². The van der Waals surface area contributed by atoms with E-state index in [0.29, 0.717) is 5.69 Å². The predicted molar refractivity (Wildman–Crippen MR) is 104 cm³/mol. The number of nitrogens with one attached hydrogen (secondary N) is 2. The van der Waals surface area contributed by atoms with E-state index in [-0.39, 0.29) is 11.1 Å². The Kier molecular flexibility index (Phi) is 7.17. The van der Waals surface area contributed by atoms with Crippen LogP contribution in [0.5, 0.6) is 0 Å². The number of carboxylic acids is 1. The molecule has 0 radical (unpaired) electrons. The molecule has 0 atom stereocenters. The molecule has 6 nitrogen and oxygen atoms in total. The lowest BCUT2D eigenvalue weighted by Gasteiger charge is -2.18. The van der Waals surface area contributed by atoms with Crippen LogP contribution in [0, 0.1) is 0 Å². The van der Waals surface area contributed by atoms with Gasteiger partial charge in [0.05, 0.1) is 11.1 Å². The number of likely N-dealkylation sites (N-methyl/N-ethyl adjacent to an activating group) is 1. The molecule has 3 N–H and O–H groups in total. The number of hydrogen-bond donors (Lipinski definition) is 3. The van der Waals surface area contributed by atoms with Gasteiger partial charge in [0.15, 0.2) is 0 Å². The molecule has 6 heteroatoms. The van der Waals surface area contributed by atoms with Crippen molar-refractivity contribution in [3.8, 4) is 0 Å². The highest BCUT2D eigenvalue weighted by Gasteiger charge is 2.15. The number of anilines is 2. The molecule has 2 rings (SSSR count). The second kappa shape index (κ2) is 9.58. The highest BCUT2D eigenvalue weighted by Crippen LogP contribution is 2.16. The number of nitrogens with zero attached hydrogens (tertiary/aromatic N) is 1. The van der Waals surface area contributed by atoms with Crippen molar-refractivity contribution in [2.24, 2.45) is 0 Å². The van der Waals surface area contributed by atoms with Gasteiger partial charge in [-0.15, -0.1) is 0 Å². The van der Waals surface area contributed by atoms with Crippen LogP contribution in [0.1, 0.15) is 34.6 Å². The summed E-state index contributed by atoms with van der Waals surface area (Å²) in [6.07, 6.45) is 0. The van der Waals surface area contributed by atoms with Crippen LogP contribution in [-0.2, 0) is 0 Å². The van der Waals surface area contributed by atoms with Crippen LogP contribution in [0.4, 0.5) is 11.4 Å². The van der Waals surface area contributed by atoms with Gasteiger partial charge in [0.1, 0.15) is 0 Å². The van der Waals surface area contributed by atoms with Gasteiger partial charge in [-0.3, -0.25) is 4.79 Å². The lowest BCUT2D eigenvalue weighted by molar-refractivity contribution is 0.0692. The molecular weight excluding hydrogens is 330 g/mol. The lowest BCUT2D eigenvalue weighted by atomic mass is 10.1. The van der Waals surface area contributed by atoms with E-state index in [4.69, 9.17) is 0 Å². The van der Waals surface area contributed by atoms with E-state index < -0.39 is 11.9 Å². The zero-order chi connectivity index (χ0) is 18.9. The van der Waals surface area contributed by atoms with Crippen molar-refractivity contribution in [1.29, 1.82) is 0 Å². The summed E-state index contributed by atoms with van der Waals surface area (Å²) in [5.41, 5.74) is 1.71. The quantitative estimate of drug-likeness (QED) is 0.642. The van der Waals surface area contributed by atoms with Crippen molar-refractivity contribution in [1.82, 2.24) is 4.90 Å². The second-order valence-corrected chi connectivity index (χ2v) is 5.84. The van der Waals surface area contributed by atoms with Crippen LogP contribution < -0.4 is 10.6 Å². The van der Waals surface area contributed by atoms with Gasteiger partial charge >= 0.3 is 5.97 Å². The predicted octanol–water partition coefficient (Wildman–Crippen LogP) is 3.39. The van der Waals surface area contributed by atoms with E-state index in [1.54, 1.807) is 24.3 Å². The molecule has 0 saturated carbocycles. The van der Waals surface area contributed by atoms with Crippen LogP contribution in [0.15, 0.2) is 48.5 Å². The highest BCUT2D eigenvalue weighted by atomic mass is 16.4. The Balaban J connectivity index is 1.95. The third-order valence-electron chi connectivity index (χ3n) is 4.20. The van der Waals surface area contributed by atoms with Crippen LogP contribution >= 0.6 is 0 Å². The number of carboxylic acid groups (broad SMARTS) is 1. The number of benzene rings is 2. The summed E-state index contributed by atoms with van der Waals surface area (Å²) in [7, 11) is 0. The molecule has 0 fully saturated rings. The summed E-state index contributed by atoms with van der Waals surface area (Å²) in [5.74, 6) is -1.56. The fourth-order valence-electron chi connectivity index (χ4n) is 2.64. The van der Waals surface area contributed by atoms with E-state index in [2.05, 4.69) is 29.4 Å². The van der Waals surface area contributed by atoms with Gasteiger partial charge in [-0.2, -0.15) is 0 Å². The third-order valence-corrected chi connectivity index (χ3v) is 4.20. The SMILES string of the molecule is CCN(CC)CCNc1ccc(NC(=O)c2ccccc2C(=O)O)cc1. The second-order valence-electron chi connectivity index (χ2n) is 5.84. The van der Waals surface area contributed by atoms with Gasteiger partial charge in [0.25, 0.3) is 5.91 Å². The summed E-state index contributed by atoms with van der Waals surface area (Å²) < 4.78 is 0. The molecule has 2 aromatic rings. The Labute approximate surface area is 153 Å². The minimum absolute atomic E-state index is 0.0142. The Bertz CT molecular complexity index is 740. The summed E-state index contributed by atoms with van der Waals surface area (Å²) in [5, 5.41) is 15.3. The first-order valence-corrected chi connectivity index (χ1v) is 8.75. The fraction of sp³-hybridized carbons (Fsp3) is 0.300. The zero-order valence-corrected chi connectivity index (χ0v) is 15.2. The van der Waals surface area contributed by atoms with Crippen molar-refractivity contribution in [3.05, 3.63) is 59.7 Å². The van der Waals surface area contributed by atoms with Gasteiger partial charge in [-0.25, -0.2) is 4.79 Å². The summed E-state index contributed by atoms with van der Waals surface area (Å²) in [6.45, 7) is 8.16. The number of amides is 1. The smallest absolute Gasteiger partial charge is 0.336 e. The fourth-order valence-corrected chi connectivity index (χ4v) is 2.64. The molecule has 26 heavy (non-hydrogen) atoms. The molecule has 0 aliphatic rings. The summed E-state index contributed by atoms with van der Waals surface area (Å²) in [4.78, 5) is 25.9. The largest absolute Gasteiger partial charge is 0.478 e. The molecule has 0 saturated heterocycles. The maximum atomic E-state index is 12.3. The minimum atomic E-state index is -1.12. The average molecular weight is 355 g/mol. The van der Waals surface area contributed by atoms with Gasteiger partial charge in [-0.1, -0.05) is 26.0 Å². The number of rotatable bonds is 9. The standard InChI is InChI=1S/C20H25N3O3/c1-3-23(4-2)14-13-21-15-9-11-16(12-10-15)22-19(24)17-7-5-6-8-18(17)20(25)26/h5-12,21H,3-4,13-14H2,1-2H3,(H,22,24)(H,25,26). The average Bonchev–Trinajstić information content (AvgIpc) is 2.66. The first kappa shape index (κ1) is 19.5. The van der Waals surface area contributed by atoms with Crippen LogP contribution in [0.3, 0.4) is 0 Å². The topological polar surface area (TPSA) is 81.7 Å². The first-order valence-electron chi connectivity index (χ1n) is 8.75. The molecule has 0 aliphatic carbocycles. The molecule has 1 amide bonds. The van der Waals surface area contributed by atoms with E-state index in [1.807, 2.05) is 12.1 Å². The van der Waals surface area contributed by atoms with Crippen LogP contribution in [-0.4, -0.2) is 48.1 Å². The van der Waals surface area contributed by atoms with Crippen molar-refractivity contribution >= 4 is 23.3 Å². The molecule has 0 bridgehead atoms. The number of carbonyl (C=O) groups is 2. The van der Waals surface area contributed by atoms with Gasteiger partial charge < -0.3 is 20.6 Å². The molecule has 0 unspecified atom stereocenters. The van der Waals surface area contributed by atoms with Gasteiger partial charge in [0.2, 0.25) is 0 Å². The Morgan fingerprint density at radius 3 is 2.08 bits per heavy atom. The number of carbonyl (C=O) groups excluding carboxylic acids is 1. The number of hydrogen-bond acceptors (Lipinski definition) is 4. The van der Waals surface area contributed by atoms with Crippen LogP contribution in [0.2, 0.25) is 0 Å². The van der Waals surface area contributed by atoms with E-state index in [0.717, 1.165) is 31.9 Å².